The van der Waals surface area contributed by atoms with Gasteiger partial charge in [0, 0.05) is 0 Å². The molecule has 5 aliphatic rings. The quantitative estimate of drug-likeness (QED) is 0.185. The number of benzene rings is 1. The highest BCUT2D eigenvalue weighted by molar-refractivity contribution is 5.29. The van der Waals surface area contributed by atoms with Crippen molar-refractivity contribution >= 4 is 0 Å². The van der Waals surface area contributed by atoms with Crippen molar-refractivity contribution in [1.82, 2.24) is 0 Å². The van der Waals surface area contributed by atoms with Gasteiger partial charge in [0.25, 0.3) is 0 Å². The second-order valence-electron chi connectivity index (χ2n) is 19.5. The summed E-state index contributed by atoms with van der Waals surface area (Å²) in [6, 6.07) is 8.66. The molecule has 1 aromatic carbocycles. The van der Waals surface area contributed by atoms with Crippen molar-refractivity contribution < 1.29 is 4.74 Å². The van der Waals surface area contributed by atoms with Crippen molar-refractivity contribution in [3.05, 3.63) is 29.8 Å². The van der Waals surface area contributed by atoms with Gasteiger partial charge in [-0.3, -0.25) is 0 Å². The fourth-order valence-corrected chi connectivity index (χ4v) is 12.3. The topological polar surface area (TPSA) is 9.23 Å². The standard InChI is InChI=1S/C19H36.C17H32.C16H24O/c1-3-5-7-17-10-14-19(15-11-17)18-12-8-16(6-4-2)9-13-18;1-3-5-15-8-12-17(13-9-15)16-10-6-14(4-2)7-11-16;1-3-4-13-5-7-14(8-6-13)15-9-11-16(17-2)12-10-15/h16-19H,3-15H2,1-2H3;14-17H,3-13H2,1-2H3;9-14H,3-8H2,1-2H3. The summed E-state index contributed by atoms with van der Waals surface area (Å²) >= 11 is 0. The summed E-state index contributed by atoms with van der Waals surface area (Å²) in [6.07, 6.45) is 44.8. The average Bonchev–Trinajstić information content (AvgIpc) is 3.22. The molecule has 0 heterocycles. The lowest BCUT2D eigenvalue weighted by molar-refractivity contribution is 0.140. The van der Waals surface area contributed by atoms with Crippen LogP contribution in [0, 0.1) is 53.3 Å². The van der Waals surface area contributed by atoms with Crippen LogP contribution in [0.25, 0.3) is 0 Å². The summed E-state index contributed by atoms with van der Waals surface area (Å²) in [7, 11) is 1.73. The van der Waals surface area contributed by atoms with Gasteiger partial charge >= 0.3 is 0 Å². The van der Waals surface area contributed by atoms with Gasteiger partial charge in [-0.1, -0.05) is 162 Å². The van der Waals surface area contributed by atoms with Gasteiger partial charge in [0.1, 0.15) is 5.75 Å². The minimum absolute atomic E-state index is 0.786. The second kappa shape index (κ2) is 26.0. The normalized spacial score (nSPS) is 33.5. The van der Waals surface area contributed by atoms with E-state index in [4.69, 9.17) is 4.74 Å². The molecule has 5 fully saturated rings. The van der Waals surface area contributed by atoms with E-state index in [0.29, 0.717) is 0 Å². The summed E-state index contributed by atoms with van der Waals surface area (Å²) in [5.74, 6) is 11.5. The van der Waals surface area contributed by atoms with Gasteiger partial charge in [-0.15, -0.1) is 0 Å². The summed E-state index contributed by atoms with van der Waals surface area (Å²) < 4.78 is 5.21. The molecule has 6 rings (SSSR count). The highest BCUT2D eigenvalue weighted by atomic mass is 16.5. The number of rotatable bonds is 14. The van der Waals surface area contributed by atoms with Gasteiger partial charge < -0.3 is 4.74 Å². The summed E-state index contributed by atoms with van der Waals surface area (Å²) in [5.41, 5.74) is 1.50. The Kier molecular flexibility index (Phi) is 22.0. The average molecular weight is 733 g/mol. The Balaban J connectivity index is 0.000000178. The minimum Gasteiger partial charge on any atom is -0.497 e. The van der Waals surface area contributed by atoms with E-state index in [1.807, 2.05) is 0 Å². The lowest BCUT2D eigenvalue weighted by Crippen LogP contribution is -2.25. The first-order chi connectivity index (χ1) is 26.0. The van der Waals surface area contributed by atoms with E-state index < -0.39 is 0 Å². The maximum atomic E-state index is 5.21. The molecule has 0 aromatic heterocycles. The van der Waals surface area contributed by atoms with Gasteiger partial charge in [-0.25, -0.2) is 0 Å². The third-order valence-corrected chi connectivity index (χ3v) is 16.0. The zero-order valence-corrected chi connectivity index (χ0v) is 36.7. The number of hydrogen-bond donors (Lipinski definition) is 0. The van der Waals surface area contributed by atoms with Crippen molar-refractivity contribution in [1.29, 1.82) is 0 Å². The lowest BCUT2D eigenvalue weighted by Gasteiger charge is -2.38. The maximum absolute atomic E-state index is 5.21. The molecule has 0 aliphatic heterocycles. The molecule has 1 nitrogen and oxygen atoms in total. The highest BCUT2D eigenvalue weighted by Crippen LogP contribution is 2.44. The largest absolute Gasteiger partial charge is 0.497 e. The number of unbranched alkanes of at least 4 members (excludes halogenated alkanes) is 1. The molecule has 0 radical (unpaired) electrons. The number of ether oxygens (including phenoxy) is 1. The molecule has 53 heavy (non-hydrogen) atoms. The first-order valence-electron chi connectivity index (χ1n) is 24.6. The molecule has 0 unspecified atom stereocenters. The number of hydrogen-bond acceptors (Lipinski definition) is 1. The molecule has 5 aliphatic carbocycles. The van der Waals surface area contributed by atoms with Crippen LogP contribution in [-0.4, -0.2) is 7.11 Å². The fourth-order valence-electron chi connectivity index (χ4n) is 12.3. The zero-order chi connectivity index (χ0) is 37.7. The zero-order valence-electron chi connectivity index (χ0n) is 36.7. The molecule has 0 atom stereocenters. The summed E-state index contributed by atoms with van der Waals surface area (Å²) in [6.45, 7) is 11.7. The molecule has 306 valence electrons. The molecule has 1 heteroatoms. The molecule has 0 saturated heterocycles. The van der Waals surface area contributed by atoms with Gasteiger partial charge in [-0.05, 0) is 154 Å². The second-order valence-corrected chi connectivity index (χ2v) is 19.5. The van der Waals surface area contributed by atoms with Crippen LogP contribution in [-0.2, 0) is 0 Å². The predicted molar refractivity (Wildman–Crippen MR) is 234 cm³/mol. The summed E-state index contributed by atoms with van der Waals surface area (Å²) in [5, 5.41) is 0. The smallest absolute Gasteiger partial charge is 0.118 e. The van der Waals surface area contributed by atoms with Crippen LogP contribution in [0.5, 0.6) is 5.75 Å². The molecule has 0 N–H and O–H groups in total. The number of methoxy groups -OCH3 is 1. The lowest BCUT2D eigenvalue weighted by atomic mass is 9.68. The van der Waals surface area contributed by atoms with E-state index in [2.05, 4.69) is 58.9 Å². The van der Waals surface area contributed by atoms with E-state index in [0.717, 1.165) is 64.9 Å². The highest BCUT2D eigenvalue weighted by Gasteiger charge is 2.31. The van der Waals surface area contributed by atoms with Crippen molar-refractivity contribution in [3.63, 3.8) is 0 Å². The first kappa shape index (κ1) is 44.7. The molecule has 0 amide bonds. The maximum Gasteiger partial charge on any atom is 0.118 e. The Morgan fingerprint density at radius 1 is 0.396 bits per heavy atom. The van der Waals surface area contributed by atoms with Gasteiger partial charge in [0.05, 0.1) is 7.11 Å². The van der Waals surface area contributed by atoms with Crippen LogP contribution >= 0.6 is 0 Å². The van der Waals surface area contributed by atoms with Crippen molar-refractivity contribution in [2.45, 2.75) is 233 Å². The van der Waals surface area contributed by atoms with Crippen molar-refractivity contribution in [2.75, 3.05) is 7.11 Å². The molecular formula is C52H92O. The fraction of sp³-hybridized carbons (Fsp3) is 0.885. The van der Waals surface area contributed by atoms with Crippen LogP contribution in [0.15, 0.2) is 24.3 Å². The Bertz CT molecular complexity index is 988. The first-order valence-corrected chi connectivity index (χ1v) is 24.6. The van der Waals surface area contributed by atoms with Crippen molar-refractivity contribution in [2.24, 2.45) is 53.3 Å². The third-order valence-electron chi connectivity index (χ3n) is 16.0. The van der Waals surface area contributed by atoms with E-state index in [1.165, 1.54) is 108 Å². The van der Waals surface area contributed by atoms with Crippen LogP contribution < -0.4 is 4.74 Å². The van der Waals surface area contributed by atoms with Crippen LogP contribution in [0.2, 0.25) is 0 Å². The van der Waals surface area contributed by atoms with E-state index in [9.17, 15) is 0 Å². The Morgan fingerprint density at radius 2 is 0.736 bits per heavy atom. The van der Waals surface area contributed by atoms with E-state index >= 15 is 0 Å². The van der Waals surface area contributed by atoms with Gasteiger partial charge in [-0.2, -0.15) is 0 Å². The van der Waals surface area contributed by atoms with Crippen LogP contribution in [0.4, 0.5) is 0 Å². The van der Waals surface area contributed by atoms with Crippen LogP contribution in [0.3, 0.4) is 0 Å². The molecule has 0 spiro atoms. The van der Waals surface area contributed by atoms with Crippen molar-refractivity contribution in [3.8, 4) is 5.75 Å². The van der Waals surface area contributed by atoms with Gasteiger partial charge in [0.15, 0.2) is 0 Å². The van der Waals surface area contributed by atoms with E-state index in [-0.39, 0.29) is 0 Å². The van der Waals surface area contributed by atoms with Gasteiger partial charge in [0.2, 0.25) is 0 Å². The van der Waals surface area contributed by atoms with Crippen LogP contribution in [0.1, 0.15) is 239 Å². The third kappa shape index (κ3) is 15.8. The SMILES string of the molecule is CCCC1CCC(C2CCC(CC)CC2)CC1.CCCC1CCC(c2ccc(OC)cc2)CC1.CCCCC1CCC(C2CCC(CCC)CC2)CC1. The monoisotopic (exact) mass is 733 g/mol. The Hall–Kier alpha value is -0.980. The molecular weight excluding hydrogens is 641 g/mol. The minimum atomic E-state index is 0.786. The molecule has 5 saturated carbocycles. The molecule has 1 aromatic rings. The predicted octanol–water partition coefficient (Wildman–Crippen LogP) is 17.2. The summed E-state index contributed by atoms with van der Waals surface area (Å²) in [4.78, 5) is 0. The Labute approximate surface area is 332 Å². The molecule has 0 bridgehead atoms. The Morgan fingerprint density at radius 3 is 1.06 bits per heavy atom. The van der Waals surface area contributed by atoms with E-state index in [1.54, 1.807) is 97.0 Å².